The van der Waals surface area contributed by atoms with Gasteiger partial charge in [-0.2, -0.15) is 5.10 Å². The molecule has 82 valence electrons. The number of aromatic amines is 1. The summed E-state index contributed by atoms with van der Waals surface area (Å²) in [5, 5.41) is 9.13. The number of rotatable bonds is 3. The summed E-state index contributed by atoms with van der Waals surface area (Å²) in [5.74, 6) is 0.522. The second-order valence-electron chi connectivity index (χ2n) is 3.13. The van der Waals surface area contributed by atoms with Crippen LogP contribution in [0.2, 0.25) is 0 Å². The standard InChI is InChI=1S/C10H9IN4O/c11-8-3-1-2-7(4-8)10(16)12-5-9-13-6-14-15-9/h1-4,6H,5H2,(H,12,16)(H,13,14,15). The van der Waals surface area contributed by atoms with Gasteiger partial charge in [-0.1, -0.05) is 6.07 Å². The number of hydrogen-bond donors (Lipinski definition) is 2. The predicted molar refractivity (Wildman–Crippen MR) is 66.7 cm³/mol. The maximum absolute atomic E-state index is 11.7. The largest absolute Gasteiger partial charge is 0.345 e. The van der Waals surface area contributed by atoms with E-state index in [9.17, 15) is 4.79 Å². The number of nitrogens with one attached hydrogen (secondary N) is 2. The van der Waals surface area contributed by atoms with E-state index in [0.29, 0.717) is 17.9 Å². The number of nitrogens with zero attached hydrogens (tertiary/aromatic N) is 2. The third-order valence-corrected chi connectivity index (χ3v) is 2.64. The Labute approximate surface area is 106 Å². The van der Waals surface area contributed by atoms with Gasteiger partial charge in [0.05, 0.1) is 6.54 Å². The summed E-state index contributed by atoms with van der Waals surface area (Å²) < 4.78 is 1.03. The smallest absolute Gasteiger partial charge is 0.251 e. The van der Waals surface area contributed by atoms with Gasteiger partial charge in [-0.25, -0.2) is 4.98 Å². The fraction of sp³-hybridized carbons (Fsp3) is 0.100. The van der Waals surface area contributed by atoms with Crippen molar-refractivity contribution in [3.05, 3.63) is 45.6 Å². The molecule has 0 atom stereocenters. The van der Waals surface area contributed by atoms with E-state index < -0.39 is 0 Å². The molecule has 1 aromatic carbocycles. The molecule has 0 aliphatic heterocycles. The van der Waals surface area contributed by atoms with Crippen LogP contribution in [0.1, 0.15) is 16.2 Å². The summed E-state index contributed by atoms with van der Waals surface area (Å²) in [6.45, 7) is 0.351. The van der Waals surface area contributed by atoms with Crippen molar-refractivity contribution in [1.29, 1.82) is 0 Å². The SMILES string of the molecule is O=C(NCc1ncn[nH]1)c1cccc(I)c1. The molecule has 2 N–H and O–H groups in total. The van der Waals surface area contributed by atoms with E-state index in [2.05, 4.69) is 43.1 Å². The molecule has 0 unspecified atom stereocenters. The maximum Gasteiger partial charge on any atom is 0.251 e. The van der Waals surface area contributed by atoms with Crippen molar-refractivity contribution >= 4 is 28.5 Å². The molecule has 0 fully saturated rings. The zero-order valence-corrected chi connectivity index (χ0v) is 10.4. The van der Waals surface area contributed by atoms with E-state index in [1.54, 1.807) is 6.07 Å². The van der Waals surface area contributed by atoms with Gasteiger partial charge in [-0.15, -0.1) is 0 Å². The van der Waals surface area contributed by atoms with E-state index in [4.69, 9.17) is 0 Å². The molecule has 0 radical (unpaired) electrons. The summed E-state index contributed by atoms with van der Waals surface area (Å²) in [6.07, 6.45) is 1.41. The normalized spacial score (nSPS) is 10.1. The Bertz CT molecular complexity index is 483. The third kappa shape index (κ3) is 2.78. The van der Waals surface area contributed by atoms with Crippen molar-refractivity contribution in [2.45, 2.75) is 6.54 Å². The zero-order chi connectivity index (χ0) is 11.4. The second kappa shape index (κ2) is 5.06. The van der Waals surface area contributed by atoms with E-state index in [1.807, 2.05) is 18.2 Å². The van der Waals surface area contributed by atoms with Crippen LogP contribution in [-0.4, -0.2) is 21.1 Å². The van der Waals surface area contributed by atoms with Crippen LogP contribution in [0.25, 0.3) is 0 Å². The van der Waals surface area contributed by atoms with Gasteiger partial charge in [0.1, 0.15) is 12.2 Å². The van der Waals surface area contributed by atoms with Gasteiger partial charge in [0.2, 0.25) is 0 Å². The number of amides is 1. The highest BCUT2D eigenvalue weighted by Gasteiger charge is 2.05. The molecule has 0 aliphatic rings. The number of benzene rings is 1. The minimum atomic E-state index is -0.116. The Balaban J connectivity index is 1.98. The number of hydrogen-bond acceptors (Lipinski definition) is 3. The predicted octanol–water partition coefficient (Wildman–Crippen LogP) is 1.34. The Morgan fingerprint density at radius 3 is 3.06 bits per heavy atom. The summed E-state index contributed by atoms with van der Waals surface area (Å²) in [4.78, 5) is 15.6. The summed E-state index contributed by atoms with van der Waals surface area (Å²) in [5.41, 5.74) is 0.645. The molecule has 2 rings (SSSR count). The summed E-state index contributed by atoms with van der Waals surface area (Å²) in [6, 6.07) is 7.40. The van der Waals surface area contributed by atoms with Gasteiger partial charge in [0.15, 0.2) is 0 Å². The molecule has 1 heterocycles. The maximum atomic E-state index is 11.7. The molecule has 1 aromatic heterocycles. The monoisotopic (exact) mass is 328 g/mol. The first kappa shape index (κ1) is 11.1. The fourth-order valence-electron chi connectivity index (χ4n) is 1.21. The molecule has 2 aromatic rings. The number of H-pyrrole nitrogens is 1. The molecule has 1 amide bonds. The van der Waals surface area contributed by atoms with Crippen LogP contribution in [0, 0.1) is 3.57 Å². The van der Waals surface area contributed by atoms with Crippen LogP contribution in [0.3, 0.4) is 0 Å². The molecular formula is C10H9IN4O. The molecule has 6 heteroatoms. The van der Waals surface area contributed by atoms with E-state index in [-0.39, 0.29) is 5.91 Å². The lowest BCUT2D eigenvalue weighted by Crippen LogP contribution is -2.23. The van der Waals surface area contributed by atoms with Crippen LogP contribution in [0.5, 0.6) is 0 Å². The highest BCUT2D eigenvalue weighted by molar-refractivity contribution is 14.1. The Kier molecular flexibility index (Phi) is 3.50. The van der Waals surface area contributed by atoms with Gasteiger partial charge >= 0.3 is 0 Å². The first-order valence-corrected chi connectivity index (χ1v) is 5.71. The van der Waals surface area contributed by atoms with E-state index in [1.165, 1.54) is 6.33 Å². The highest BCUT2D eigenvalue weighted by Crippen LogP contribution is 2.07. The van der Waals surface area contributed by atoms with Crippen LogP contribution in [-0.2, 0) is 6.54 Å². The van der Waals surface area contributed by atoms with Crippen molar-refractivity contribution in [2.75, 3.05) is 0 Å². The van der Waals surface area contributed by atoms with Crippen molar-refractivity contribution in [1.82, 2.24) is 20.5 Å². The number of carbonyl (C=O) groups is 1. The molecule has 0 spiro atoms. The zero-order valence-electron chi connectivity index (χ0n) is 8.27. The first-order chi connectivity index (χ1) is 7.75. The lowest BCUT2D eigenvalue weighted by molar-refractivity contribution is 0.0950. The minimum Gasteiger partial charge on any atom is -0.345 e. The lowest BCUT2D eigenvalue weighted by Gasteiger charge is -2.03. The molecule has 5 nitrogen and oxygen atoms in total. The van der Waals surface area contributed by atoms with Gasteiger partial charge in [-0.3, -0.25) is 9.89 Å². The van der Waals surface area contributed by atoms with Crippen molar-refractivity contribution in [3.63, 3.8) is 0 Å². The average molecular weight is 328 g/mol. The number of halogens is 1. The van der Waals surface area contributed by atoms with Crippen molar-refractivity contribution in [2.24, 2.45) is 0 Å². The quantitative estimate of drug-likeness (QED) is 0.836. The Morgan fingerprint density at radius 1 is 1.50 bits per heavy atom. The van der Waals surface area contributed by atoms with Gasteiger partial charge < -0.3 is 5.32 Å². The van der Waals surface area contributed by atoms with Crippen LogP contribution in [0.15, 0.2) is 30.6 Å². The van der Waals surface area contributed by atoms with Crippen LogP contribution >= 0.6 is 22.6 Å². The van der Waals surface area contributed by atoms with Gasteiger partial charge in [-0.05, 0) is 40.8 Å². The molecule has 0 saturated carbocycles. The second-order valence-corrected chi connectivity index (χ2v) is 4.37. The number of aromatic nitrogens is 3. The van der Waals surface area contributed by atoms with E-state index >= 15 is 0 Å². The lowest BCUT2D eigenvalue weighted by atomic mass is 10.2. The molecule has 0 saturated heterocycles. The highest BCUT2D eigenvalue weighted by atomic mass is 127. The fourth-order valence-corrected chi connectivity index (χ4v) is 1.75. The summed E-state index contributed by atoms with van der Waals surface area (Å²) in [7, 11) is 0. The van der Waals surface area contributed by atoms with Crippen LogP contribution < -0.4 is 5.32 Å². The van der Waals surface area contributed by atoms with E-state index in [0.717, 1.165) is 3.57 Å². The molecular weight excluding hydrogens is 319 g/mol. The molecule has 0 aliphatic carbocycles. The van der Waals surface area contributed by atoms with Gasteiger partial charge in [0.25, 0.3) is 5.91 Å². The number of carbonyl (C=O) groups excluding carboxylic acids is 1. The molecule has 16 heavy (non-hydrogen) atoms. The van der Waals surface area contributed by atoms with Crippen molar-refractivity contribution in [3.8, 4) is 0 Å². The third-order valence-electron chi connectivity index (χ3n) is 1.97. The topological polar surface area (TPSA) is 70.7 Å². The molecule has 0 bridgehead atoms. The minimum absolute atomic E-state index is 0.116. The first-order valence-electron chi connectivity index (χ1n) is 4.64. The van der Waals surface area contributed by atoms with Gasteiger partial charge in [0, 0.05) is 9.13 Å². The Hall–Kier alpha value is -1.44. The Morgan fingerprint density at radius 2 is 2.38 bits per heavy atom. The van der Waals surface area contributed by atoms with Crippen LogP contribution in [0.4, 0.5) is 0 Å². The summed E-state index contributed by atoms with van der Waals surface area (Å²) >= 11 is 2.17. The average Bonchev–Trinajstić information content (AvgIpc) is 2.78. The van der Waals surface area contributed by atoms with Crippen molar-refractivity contribution < 1.29 is 4.79 Å².